The predicted octanol–water partition coefficient (Wildman–Crippen LogP) is 1.42. The summed E-state index contributed by atoms with van der Waals surface area (Å²) in [5.74, 6) is -0.615. The van der Waals surface area contributed by atoms with Crippen LogP contribution in [0.15, 0.2) is 0 Å². The number of hydrogen-bond acceptors (Lipinski definition) is 3. The summed E-state index contributed by atoms with van der Waals surface area (Å²) in [6, 6.07) is 0.0504. The lowest BCUT2D eigenvalue weighted by Gasteiger charge is -2.35. The van der Waals surface area contributed by atoms with E-state index in [1.54, 1.807) is 4.90 Å². The van der Waals surface area contributed by atoms with Crippen molar-refractivity contribution in [3.8, 4) is 0 Å². The van der Waals surface area contributed by atoms with Gasteiger partial charge in [-0.25, -0.2) is 4.79 Å². The largest absolute Gasteiger partial charge is 0.481 e. The Hall–Kier alpha value is -1.30. The summed E-state index contributed by atoms with van der Waals surface area (Å²) >= 11 is 0. The van der Waals surface area contributed by atoms with Crippen LogP contribution in [0.1, 0.15) is 26.7 Å². The molecule has 1 rings (SSSR count). The number of aliphatic carboxylic acids is 1. The molecule has 0 aromatic rings. The molecule has 1 saturated heterocycles. The van der Waals surface area contributed by atoms with Gasteiger partial charge in [0.2, 0.25) is 0 Å². The molecule has 6 heteroatoms. The molecule has 0 saturated carbocycles. The summed E-state index contributed by atoms with van der Waals surface area (Å²) < 4.78 is 0. The van der Waals surface area contributed by atoms with Crippen LogP contribution in [-0.4, -0.2) is 78.6 Å². The van der Waals surface area contributed by atoms with E-state index >= 15 is 0 Å². The van der Waals surface area contributed by atoms with E-state index in [0.717, 1.165) is 13.1 Å². The average molecular weight is 299 g/mol. The number of urea groups is 1. The van der Waals surface area contributed by atoms with Crippen LogP contribution in [-0.2, 0) is 4.79 Å². The molecule has 1 heterocycles. The van der Waals surface area contributed by atoms with Crippen molar-refractivity contribution < 1.29 is 14.7 Å². The number of carboxylic acids is 1. The Bertz CT molecular complexity index is 350. The minimum atomic E-state index is -0.742. The second-order valence-electron chi connectivity index (χ2n) is 6.53. The standard InChI is InChI=1S/C15H29N3O3/c1-12(2)11-18(10-9-16(3)4)15(21)17-7-5-13(6-8-17)14(19)20/h12-13H,5-11H2,1-4H3,(H,19,20). The Morgan fingerprint density at radius 1 is 1.19 bits per heavy atom. The van der Waals surface area contributed by atoms with Gasteiger partial charge in [-0.05, 0) is 32.9 Å². The van der Waals surface area contributed by atoms with Crippen molar-refractivity contribution in [2.24, 2.45) is 11.8 Å². The van der Waals surface area contributed by atoms with Gasteiger partial charge in [0.25, 0.3) is 0 Å². The monoisotopic (exact) mass is 299 g/mol. The summed E-state index contributed by atoms with van der Waals surface area (Å²) in [7, 11) is 3.99. The Morgan fingerprint density at radius 3 is 2.19 bits per heavy atom. The first kappa shape index (κ1) is 17.8. The van der Waals surface area contributed by atoms with Crippen molar-refractivity contribution >= 4 is 12.0 Å². The van der Waals surface area contributed by atoms with Crippen LogP contribution in [0, 0.1) is 11.8 Å². The van der Waals surface area contributed by atoms with E-state index in [-0.39, 0.29) is 11.9 Å². The summed E-state index contributed by atoms with van der Waals surface area (Å²) in [6.45, 7) is 7.59. The topological polar surface area (TPSA) is 64.1 Å². The first-order valence-electron chi connectivity index (χ1n) is 7.72. The van der Waals surface area contributed by atoms with Gasteiger partial charge in [0, 0.05) is 32.7 Å². The molecule has 0 atom stereocenters. The van der Waals surface area contributed by atoms with Crippen LogP contribution in [0.2, 0.25) is 0 Å². The molecule has 0 bridgehead atoms. The quantitative estimate of drug-likeness (QED) is 0.806. The summed E-state index contributed by atoms with van der Waals surface area (Å²) in [4.78, 5) is 29.3. The van der Waals surface area contributed by atoms with E-state index in [4.69, 9.17) is 5.11 Å². The highest BCUT2D eigenvalue weighted by Gasteiger charge is 2.29. The molecule has 0 unspecified atom stereocenters. The van der Waals surface area contributed by atoms with Gasteiger partial charge in [-0.3, -0.25) is 4.79 Å². The van der Waals surface area contributed by atoms with Gasteiger partial charge >= 0.3 is 12.0 Å². The maximum Gasteiger partial charge on any atom is 0.320 e. The third-order valence-corrected chi connectivity index (χ3v) is 3.79. The van der Waals surface area contributed by atoms with Crippen molar-refractivity contribution in [3.05, 3.63) is 0 Å². The third kappa shape index (κ3) is 5.91. The maximum absolute atomic E-state index is 12.6. The zero-order valence-electron chi connectivity index (χ0n) is 13.7. The van der Waals surface area contributed by atoms with Gasteiger partial charge in [0.1, 0.15) is 0 Å². The highest BCUT2D eigenvalue weighted by Crippen LogP contribution is 2.18. The third-order valence-electron chi connectivity index (χ3n) is 3.79. The minimum absolute atomic E-state index is 0.0504. The summed E-state index contributed by atoms with van der Waals surface area (Å²) in [5.41, 5.74) is 0. The highest BCUT2D eigenvalue weighted by atomic mass is 16.4. The van der Waals surface area contributed by atoms with E-state index in [2.05, 4.69) is 18.7 Å². The lowest BCUT2D eigenvalue weighted by atomic mass is 9.97. The minimum Gasteiger partial charge on any atom is -0.481 e. The van der Waals surface area contributed by atoms with Crippen LogP contribution >= 0.6 is 0 Å². The molecule has 122 valence electrons. The zero-order chi connectivity index (χ0) is 16.0. The number of nitrogens with zero attached hydrogens (tertiary/aromatic N) is 3. The van der Waals surface area contributed by atoms with E-state index < -0.39 is 5.97 Å². The number of likely N-dealkylation sites (tertiary alicyclic amines) is 1. The number of carbonyl (C=O) groups excluding carboxylic acids is 1. The fraction of sp³-hybridized carbons (Fsp3) is 0.867. The lowest BCUT2D eigenvalue weighted by molar-refractivity contribution is -0.143. The number of piperidine rings is 1. The number of amides is 2. The predicted molar refractivity (Wildman–Crippen MR) is 82.3 cm³/mol. The average Bonchev–Trinajstić information content (AvgIpc) is 2.42. The summed E-state index contributed by atoms with van der Waals surface area (Å²) in [6.07, 6.45) is 1.12. The van der Waals surface area contributed by atoms with Crippen LogP contribution < -0.4 is 0 Å². The molecular formula is C15H29N3O3. The molecule has 2 amide bonds. The molecule has 0 radical (unpaired) electrons. The molecule has 0 aliphatic carbocycles. The molecular weight excluding hydrogens is 270 g/mol. The Kier molecular flexibility index (Phi) is 6.95. The van der Waals surface area contributed by atoms with Crippen LogP contribution in [0.3, 0.4) is 0 Å². The molecule has 6 nitrogen and oxygen atoms in total. The molecule has 21 heavy (non-hydrogen) atoms. The fourth-order valence-corrected chi connectivity index (χ4v) is 2.54. The number of carboxylic acid groups (broad SMARTS) is 1. The molecule has 1 aliphatic heterocycles. The van der Waals surface area contributed by atoms with Gasteiger partial charge in [-0.15, -0.1) is 0 Å². The molecule has 1 fully saturated rings. The number of rotatable bonds is 6. The number of likely N-dealkylation sites (N-methyl/N-ethyl adjacent to an activating group) is 1. The number of hydrogen-bond donors (Lipinski definition) is 1. The first-order chi connectivity index (χ1) is 9.81. The van der Waals surface area contributed by atoms with E-state index in [9.17, 15) is 9.59 Å². The molecule has 1 aliphatic rings. The smallest absolute Gasteiger partial charge is 0.320 e. The van der Waals surface area contributed by atoms with E-state index in [0.29, 0.717) is 38.4 Å². The zero-order valence-corrected chi connectivity index (χ0v) is 13.7. The van der Waals surface area contributed by atoms with Crippen LogP contribution in [0.25, 0.3) is 0 Å². The lowest BCUT2D eigenvalue weighted by Crippen LogP contribution is -2.49. The van der Waals surface area contributed by atoms with Crippen molar-refractivity contribution in [3.63, 3.8) is 0 Å². The fourth-order valence-electron chi connectivity index (χ4n) is 2.54. The second kappa shape index (κ2) is 8.22. The molecule has 1 N–H and O–H groups in total. The van der Waals surface area contributed by atoms with E-state index in [1.165, 1.54) is 0 Å². The Labute approximate surface area is 127 Å². The van der Waals surface area contributed by atoms with Gasteiger partial charge in [-0.1, -0.05) is 13.8 Å². The van der Waals surface area contributed by atoms with Gasteiger partial charge in [0.05, 0.1) is 5.92 Å². The van der Waals surface area contributed by atoms with Gasteiger partial charge in [-0.2, -0.15) is 0 Å². The SMILES string of the molecule is CC(C)CN(CCN(C)C)C(=O)N1CCC(C(=O)O)CC1. The molecule has 0 spiro atoms. The summed E-state index contributed by atoms with van der Waals surface area (Å²) in [5, 5.41) is 9.02. The number of carbonyl (C=O) groups is 2. The normalized spacial score (nSPS) is 16.6. The maximum atomic E-state index is 12.6. The Morgan fingerprint density at radius 2 is 1.76 bits per heavy atom. The first-order valence-corrected chi connectivity index (χ1v) is 7.72. The Balaban J connectivity index is 2.57. The van der Waals surface area contributed by atoms with Crippen molar-refractivity contribution in [2.45, 2.75) is 26.7 Å². The molecule has 0 aromatic heterocycles. The van der Waals surface area contributed by atoms with Crippen molar-refractivity contribution in [1.29, 1.82) is 0 Å². The second-order valence-corrected chi connectivity index (χ2v) is 6.53. The van der Waals surface area contributed by atoms with Crippen molar-refractivity contribution in [1.82, 2.24) is 14.7 Å². The van der Waals surface area contributed by atoms with Gasteiger partial charge < -0.3 is 19.8 Å². The molecule has 0 aromatic carbocycles. The van der Waals surface area contributed by atoms with Crippen LogP contribution in [0.4, 0.5) is 4.79 Å². The van der Waals surface area contributed by atoms with Crippen LogP contribution in [0.5, 0.6) is 0 Å². The highest BCUT2D eigenvalue weighted by molar-refractivity contribution is 5.75. The van der Waals surface area contributed by atoms with Crippen molar-refractivity contribution in [2.75, 3.05) is 46.8 Å². The van der Waals surface area contributed by atoms with Gasteiger partial charge in [0.15, 0.2) is 0 Å². The van der Waals surface area contributed by atoms with E-state index in [1.807, 2.05) is 19.0 Å².